The van der Waals surface area contributed by atoms with E-state index in [4.69, 9.17) is 0 Å². The average Bonchev–Trinajstić information content (AvgIpc) is 2.77. The molecule has 4 aliphatic carbocycles. The van der Waals surface area contributed by atoms with Gasteiger partial charge in [0.2, 0.25) is 0 Å². The third kappa shape index (κ3) is 1.75. The molecule has 4 aliphatic rings. The van der Waals surface area contributed by atoms with E-state index >= 15 is 0 Å². The zero-order valence-electron chi connectivity index (χ0n) is 16.0. The third-order valence-electron chi connectivity index (χ3n) is 8.85. The largest absolute Gasteiger partial charge is 0.392 e. The zero-order chi connectivity index (χ0) is 19.5. The Labute approximate surface area is 154 Å². The first-order valence-corrected chi connectivity index (χ1v) is 9.68. The molecule has 6 heteroatoms. The van der Waals surface area contributed by atoms with Gasteiger partial charge in [0, 0.05) is 16.7 Å². The molecule has 0 amide bonds. The van der Waals surface area contributed by atoms with Crippen LogP contribution >= 0.6 is 0 Å². The number of aliphatic hydroxyl groups is 6. The lowest BCUT2D eigenvalue weighted by Crippen LogP contribution is -2.59. The van der Waals surface area contributed by atoms with Crippen molar-refractivity contribution < 1.29 is 30.6 Å². The lowest BCUT2D eigenvalue weighted by atomic mass is 9.58. The van der Waals surface area contributed by atoms with Crippen molar-refractivity contribution in [3.63, 3.8) is 0 Å². The molecule has 1 spiro atoms. The molecular formula is C20H32O6. The van der Waals surface area contributed by atoms with Crippen LogP contribution in [0.1, 0.15) is 59.8 Å². The summed E-state index contributed by atoms with van der Waals surface area (Å²) < 4.78 is 0. The fourth-order valence-electron chi connectivity index (χ4n) is 7.05. The van der Waals surface area contributed by atoms with Gasteiger partial charge in [0.1, 0.15) is 5.60 Å². The quantitative estimate of drug-likeness (QED) is 0.341. The summed E-state index contributed by atoms with van der Waals surface area (Å²) in [6, 6.07) is 0. The molecule has 3 saturated carbocycles. The van der Waals surface area contributed by atoms with Crippen LogP contribution in [0.5, 0.6) is 0 Å². The second-order valence-electron chi connectivity index (χ2n) is 10.2. The number of hydrogen-bond acceptors (Lipinski definition) is 6. The fourth-order valence-corrected chi connectivity index (χ4v) is 7.05. The number of rotatable bonds is 0. The van der Waals surface area contributed by atoms with Crippen molar-refractivity contribution in [3.8, 4) is 0 Å². The minimum atomic E-state index is -1.68. The van der Waals surface area contributed by atoms with E-state index < -0.39 is 45.9 Å². The minimum Gasteiger partial charge on any atom is -0.392 e. The first-order chi connectivity index (χ1) is 11.8. The fraction of sp³-hybridized carbons (Fsp3) is 0.900. The van der Waals surface area contributed by atoms with Crippen LogP contribution in [-0.2, 0) is 0 Å². The van der Waals surface area contributed by atoms with E-state index in [0.717, 1.165) is 0 Å². The van der Waals surface area contributed by atoms with Gasteiger partial charge in [-0.3, -0.25) is 0 Å². The highest BCUT2D eigenvalue weighted by Gasteiger charge is 2.74. The van der Waals surface area contributed by atoms with Crippen LogP contribution < -0.4 is 0 Å². The maximum absolute atomic E-state index is 11.8. The van der Waals surface area contributed by atoms with Crippen molar-refractivity contribution in [2.45, 2.75) is 94.9 Å². The van der Waals surface area contributed by atoms with E-state index in [1.807, 2.05) is 0 Å². The Bertz CT molecular complexity index is 684. The normalized spacial score (nSPS) is 58.4. The van der Waals surface area contributed by atoms with E-state index in [9.17, 15) is 30.6 Å². The van der Waals surface area contributed by atoms with E-state index in [2.05, 4.69) is 0 Å². The van der Waals surface area contributed by atoms with Gasteiger partial charge < -0.3 is 30.6 Å². The minimum absolute atomic E-state index is 0.0230. The summed E-state index contributed by atoms with van der Waals surface area (Å²) in [5.41, 5.74) is -5.32. The molecule has 148 valence electrons. The van der Waals surface area contributed by atoms with Crippen LogP contribution in [0.3, 0.4) is 0 Å². The van der Waals surface area contributed by atoms with Crippen LogP contribution in [0.15, 0.2) is 11.1 Å². The smallest absolute Gasteiger partial charge is 0.119 e. The molecule has 0 aromatic rings. The number of fused-ring (bicyclic) bond motifs is 2. The van der Waals surface area contributed by atoms with E-state index in [1.165, 1.54) is 0 Å². The van der Waals surface area contributed by atoms with Gasteiger partial charge in [-0.25, -0.2) is 0 Å². The van der Waals surface area contributed by atoms with Crippen LogP contribution in [0.25, 0.3) is 0 Å². The topological polar surface area (TPSA) is 121 Å². The van der Waals surface area contributed by atoms with E-state index in [0.29, 0.717) is 24.0 Å². The molecule has 8 atom stereocenters. The Balaban J connectivity index is 1.97. The van der Waals surface area contributed by atoms with Gasteiger partial charge >= 0.3 is 0 Å². The maximum Gasteiger partial charge on any atom is 0.119 e. The molecule has 4 rings (SSSR count). The highest BCUT2D eigenvalue weighted by atomic mass is 16.4. The van der Waals surface area contributed by atoms with Gasteiger partial charge in [0.25, 0.3) is 0 Å². The predicted octanol–water partition coefficient (Wildman–Crippen LogP) is 0.232. The summed E-state index contributed by atoms with van der Waals surface area (Å²) in [6.07, 6.45) is -1.89. The van der Waals surface area contributed by atoms with Gasteiger partial charge in [-0.1, -0.05) is 13.8 Å². The van der Waals surface area contributed by atoms with Crippen molar-refractivity contribution in [2.75, 3.05) is 0 Å². The van der Waals surface area contributed by atoms with Crippen molar-refractivity contribution in [1.29, 1.82) is 0 Å². The summed E-state index contributed by atoms with van der Waals surface area (Å²) in [5.74, 6) is -0.362. The molecule has 26 heavy (non-hydrogen) atoms. The number of aliphatic hydroxyl groups excluding tert-OH is 3. The Morgan fingerprint density at radius 1 is 0.962 bits per heavy atom. The average molecular weight is 368 g/mol. The Morgan fingerprint density at radius 3 is 2.19 bits per heavy atom. The molecule has 2 bridgehead atoms. The summed E-state index contributed by atoms with van der Waals surface area (Å²) >= 11 is 0. The van der Waals surface area contributed by atoms with Gasteiger partial charge in [-0.15, -0.1) is 0 Å². The van der Waals surface area contributed by atoms with Gasteiger partial charge in [0.05, 0.1) is 29.5 Å². The SMILES string of the molecule is CC1=C2C[C@H](O)C(C)(C)[C@@]2(O)[C@@H](O)C[C@@]23C[C@@](C)(O)[C@@H](CC[C@]12O)[C@@H]3O. The molecule has 6 N–H and O–H groups in total. The zero-order valence-corrected chi connectivity index (χ0v) is 16.0. The molecule has 0 heterocycles. The molecule has 0 unspecified atom stereocenters. The molecule has 3 fully saturated rings. The maximum atomic E-state index is 11.8. The summed E-state index contributed by atoms with van der Waals surface area (Å²) in [6.45, 7) is 6.88. The van der Waals surface area contributed by atoms with Crippen molar-refractivity contribution in [2.24, 2.45) is 16.7 Å². The third-order valence-corrected chi connectivity index (χ3v) is 8.85. The molecular weight excluding hydrogens is 336 g/mol. The second kappa shape index (κ2) is 4.91. The molecule has 6 nitrogen and oxygen atoms in total. The van der Waals surface area contributed by atoms with Gasteiger partial charge in [0.15, 0.2) is 0 Å². The van der Waals surface area contributed by atoms with Crippen LogP contribution in [0.4, 0.5) is 0 Å². The summed E-state index contributed by atoms with van der Waals surface area (Å²) in [5, 5.41) is 67.1. The van der Waals surface area contributed by atoms with Crippen molar-refractivity contribution in [3.05, 3.63) is 11.1 Å². The highest BCUT2D eigenvalue weighted by Crippen LogP contribution is 2.68. The number of hydrogen-bond donors (Lipinski definition) is 6. The summed E-state index contributed by atoms with van der Waals surface area (Å²) in [7, 11) is 0. The van der Waals surface area contributed by atoms with Crippen LogP contribution in [0, 0.1) is 16.7 Å². The van der Waals surface area contributed by atoms with E-state index in [1.54, 1.807) is 27.7 Å². The summed E-state index contributed by atoms with van der Waals surface area (Å²) in [4.78, 5) is 0. The second-order valence-corrected chi connectivity index (χ2v) is 10.2. The van der Waals surface area contributed by atoms with Gasteiger partial charge in [-0.2, -0.15) is 0 Å². The Kier molecular flexibility index (Phi) is 3.56. The van der Waals surface area contributed by atoms with Crippen LogP contribution in [0.2, 0.25) is 0 Å². The molecule has 0 aliphatic heterocycles. The molecule has 0 radical (unpaired) electrons. The van der Waals surface area contributed by atoms with Crippen molar-refractivity contribution >= 4 is 0 Å². The highest BCUT2D eigenvalue weighted by molar-refractivity contribution is 5.44. The monoisotopic (exact) mass is 368 g/mol. The molecule has 0 aromatic carbocycles. The lowest BCUT2D eigenvalue weighted by Gasteiger charge is -2.51. The molecule has 0 saturated heterocycles. The Hall–Kier alpha value is -0.500. The first-order valence-electron chi connectivity index (χ1n) is 9.68. The Morgan fingerprint density at radius 2 is 1.58 bits per heavy atom. The predicted molar refractivity (Wildman–Crippen MR) is 94.0 cm³/mol. The van der Waals surface area contributed by atoms with Crippen LogP contribution in [-0.4, -0.2) is 65.8 Å². The lowest BCUT2D eigenvalue weighted by molar-refractivity contribution is -0.182. The first kappa shape index (κ1) is 18.8. The van der Waals surface area contributed by atoms with Crippen molar-refractivity contribution in [1.82, 2.24) is 0 Å². The molecule has 0 aromatic heterocycles. The van der Waals surface area contributed by atoms with E-state index in [-0.39, 0.29) is 25.2 Å². The standard InChI is InChI=1S/C20H32O6/c1-10-12-7-13(21)16(2,3)20(12,26)14(22)8-18-9-17(4,24)11(15(18)23)5-6-19(10,18)25/h11,13-15,21-26H,5-9H2,1-4H3/t11-,13-,14-,15-,17+,18-,19-,20-/m0/s1. The van der Waals surface area contributed by atoms with Gasteiger partial charge in [-0.05, 0) is 57.1 Å².